The van der Waals surface area contributed by atoms with Gasteiger partial charge in [-0.3, -0.25) is 4.79 Å². The van der Waals surface area contributed by atoms with Crippen LogP contribution in [0.3, 0.4) is 0 Å². The average Bonchev–Trinajstić information content (AvgIpc) is 3.15. The van der Waals surface area contributed by atoms with Gasteiger partial charge < -0.3 is 25.0 Å². The third-order valence-electron chi connectivity index (χ3n) is 6.41. The largest absolute Gasteiger partial charge is 0.492 e. The Bertz CT molecular complexity index is 1190. The van der Waals surface area contributed by atoms with Gasteiger partial charge in [-0.25, -0.2) is 4.98 Å². The minimum absolute atomic E-state index is 0. The van der Waals surface area contributed by atoms with Crippen molar-refractivity contribution < 1.29 is 25.2 Å². The Morgan fingerprint density at radius 2 is 1.94 bits per heavy atom. The zero-order valence-electron chi connectivity index (χ0n) is 19.7. The molecule has 0 amide bonds. The molecule has 0 fully saturated rings. The van der Waals surface area contributed by atoms with Crippen molar-refractivity contribution in [2.45, 2.75) is 51.2 Å². The highest BCUT2D eigenvalue weighted by Crippen LogP contribution is 2.37. The molecule has 8 heteroatoms. The molecule has 1 aliphatic rings. The van der Waals surface area contributed by atoms with E-state index in [1.807, 2.05) is 65.3 Å². The van der Waals surface area contributed by atoms with Crippen molar-refractivity contribution in [1.82, 2.24) is 9.55 Å². The minimum atomic E-state index is -1.12. The van der Waals surface area contributed by atoms with Crippen LogP contribution in [0.25, 0.3) is 6.08 Å². The van der Waals surface area contributed by atoms with Crippen LogP contribution in [-0.2, 0) is 29.8 Å². The van der Waals surface area contributed by atoms with Gasteiger partial charge in [0.15, 0.2) is 5.15 Å². The van der Waals surface area contributed by atoms with Crippen LogP contribution < -0.4 is 4.74 Å². The smallest absolute Gasteiger partial charge is 0.317 e. The molecule has 1 atom stereocenters. The summed E-state index contributed by atoms with van der Waals surface area (Å²) in [7, 11) is 0. The number of halogens is 1. The van der Waals surface area contributed by atoms with Crippen LogP contribution in [0.4, 0.5) is 0 Å². The van der Waals surface area contributed by atoms with Crippen molar-refractivity contribution >= 4 is 23.6 Å². The Balaban J connectivity index is 0.00000342. The molecule has 0 radical (unpaired) electrons. The number of allylic oxidation sites excluding steroid dienone is 1. The summed E-state index contributed by atoms with van der Waals surface area (Å²) >= 11 is 6.25. The molecular formula is C27H31ClN2O5. The molecule has 0 aliphatic heterocycles. The summed E-state index contributed by atoms with van der Waals surface area (Å²) in [5, 5.41) is 20.2. The number of ether oxygens (including phenoxy) is 1. The molecular weight excluding hydrogens is 468 g/mol. The van der Waals surface area contributed by atoms with Crippen molar-refractivity contribution in [2.24, 2.45) is 0 Å². The maximum atomic E-state index is 12.3. The Morgan fingerprint density at radius 3 is 2.63 bits per heavy atom. The van der Waals surface area contributed by atoms with Gasteiger partial charge >= 0.3 is 5.97 Å². The van der Waals surface area contributed by atoms with E-state index >= 15 is 0 Å². The minimum Gasteiger partial charge on any atom is -0.492 e. The molecule has 4 N–H and O–H groups in total. The summed E-state index contributed by atoms with van der Waals surface area (Å²) in [6.45, 7) is 2.52. The second-order valence-corrected chi connectivity index (χ2v) is 8.98. The van der Waals surface area contributed by atoms with E-state index < -0.39 is 11.4 Å². The van der Waals surface area contributed by atoms with Crippen LogP contribution >= 0.6 is 11.6 Å². The number of aliphatic hydroxyl groups is 1. The van der Waals surface area contributed by atoms with Crippen molar-refractivity contribution in [3.63, 3.8) is 0 Å². The third kappa shape index (κ3) is 5.42. The highest BCUT2D eigenvalue weighted by molar-refractivity contribution is 6.30. The molecule has 0 spiro atoms. The van der Waals surface area contributed by atoms with E-state index in [1.165, 1.54) is 0 Å². The van der Waals surface area contributed by atoms with Crippen LogP contribution in [-0.4, -0.2) is 37.8 Å². The van der Waals surface area contributed by atoms with Crippen molar-refractivity contribution in [1.29, 1.82) is 0 Å². The molecule has 3 aromatic rings. The summed E-state index contributed by atoms with van der Waals surface area (Å²) < 4.78 is 7.97. The van der Waals surface area contributed by atoms with Gasteiger partial charge in [-0.2, -0.15) is 0 Å². The van der Waals surface area contributed by atoms with Crippen molar-refractivity contribution in [3.8, 4) is 5.75 Å². The number of hydrogen-bond acceptors (Lipinski definition) is 4. The lowest BCUT2D eigenvalue weighted by molar-refractivity contribution is -0.145. The lowest BCUT2D eigenvalue weighted by Gasteiger charge is -2.32. The number of benzene rings is 2. The van der Waals surface area contributed by atoms with E-state index in [1.54, 1.807) is 0 Å². The summed E-state index contributed by atoms with van der Waals surface area (Å²) in [5.74, 6) is 0.575. The summed E-state index contributed by atoms with van der Waals surface area (Å²) in [6, 6.07) is 15.1. The number of imidazole rings is 1. The number of carbonyl (C=O) groups is 1. The molecule has 0 saturated carbocycles. The predicted molar refractivity (Wildman–Crippen MR) is 136 cm³/mol. The molecule has 1 aromatic heterocycles. The number of rotatable bonds is 10. The molecule has 7 nitrogen and oxygen atoms in total. The number of fused-ring (bicyclic) bond motifs is 1. The van der Waals surface area contributed by atoms with Gasteiger partial charge in [0.2, 0.25) is 0 Å². The van der Waals surface area contributed by atoms with E-state index in [0.717, 1.165) is 41.8 Å². The zero-order valence-corrected chi connectivity index (χ0v) is 20.5. The quantitative estimate of drug-likeness (QED) is 0.429. The zero-order chi connectivity index (χ0) is 24.1. The van der Waals surface area contributed by atoms with Gasteiger partial charge in [0.25, 0.3) is 0 Å². The lowest BCUT2D eigenvalue weighted by Crippen LogP contribution is -2.42. The van der Waals surface area contributed by atoms with Crippen LogP contribution in [0.15, 0.2) is 54.6 Å². The molecule has 4 rings (SSSR count). The van der Waals surface area contributed by atoms with E-state index in [4.69, 9.17) is 16.3 Å². The summed E-state index contributed by atoms with van der Waals surface area (Å²) in [5.41, 5.74) is 2.18. The van der Waals surface area contributed by atoms with Gasteiger partial charge in [-0.1, -0.05) is 73.5 Å². The monoisotopic (exact) mass is 498 g/mol. The topological polar surface area (TPSA) is 116 Å². The molecule has 35 heavy (non-hydrogen) atoms. The lowest BCUT2D eigenvalue weighted by atomic mass is 9.73. The Labute approximate surface area is 210 Å². The fourth-order valence-corrected chi connectivity index (χ4v) is 4.68. The van der Waals surface area contributed by atoms with Crippen LogP contribution in [0.5, 0.6) is 5.75 Å². The molecule has 2 aromatic carbocycles. The number of aryl methyl sites for hydroxylation is 1. The van der Waals surface area contributed by atoms with Crippen molar-refractivity contribution in [2.75, 3.05) is 6.61 Å². The number of aliphatic hydroxyl groups excluding tert-OH is 1. The number of unbranched alkanes of at least 4 members (excludes halogenated alkanes) is 1. The van der Waals surface area contributed by atoms with E-state index in [0.29, 0.717) is 29.6 Å². The standard InChI is InChI=1S/C27H29ClN2O4.H2O/c1-2-3-10-24-29-25(28)23(17-31)30(24)16-19-11-13-21(14-12-19)34-18-27(26(32)33)15-6-8-20-7-4-5-9-22(20)27;/h4-9,11-14,31H,2-3,10,15-18H2,1H3,(H,32,33);1H2. The maximum absolute atomic E-state index is 12.3. The molecule has 0 saturated heterocycles. The first-order valence-electron chi connectivity index (χ1n) is 11.5. The van der Waals surface area contributed by atoms with Gasteiger partial charge in [0.1, 0.15) is 23.6 Å². The molecule has 0 bridgehead atoms. The van der Waals surface area contributed by atoms with E-state index in [2.05, 4.69) is 11.9 Å². The summed E-state index contributed by atoms with van der Waals surface area (Å²) in [4.78, 5) is 16.8. The molecule has 1 heterocycles. The fraction of sp³-hybridized carbons (Fsp3) is 0.333. The Hall–Kier alpha value is -3.13. The Morgan fingerprint density at radius 1 is 1.20 bits per heavy atom. The van der Waals surface area contributed by atoms with Crippen LogP contribution in [0, 0.1) is 0 Å². The van der Waals surface area contributed by atoms with Gasteiger partial charge in [0, 0.05) is 13.0 Å². The van der Waals surface area contributed by atoms with E-state index in [9.17, 15) is 15.0 Å². The average molecular weight is 499 g/mol. The Kier molecular flexibility index (Phi) is 8.72. The molecule has 186 valence electrons. The second-order valence-electron chi connectivity index (χ2n) is 8.63. The number of carboxylic acid groups (broad SMARTS) is 1. The van der Waals surface area contributed by atoms with Crippen LogP contribution in [0.1, 0.15) is 54.4 Å². The van der Waals surface area contributed by atoms with Gasteiger partial charge in [0.05, 0.1) is 12.3 Å². The fourth-order valence-electron chi connectivity index (χ4n) is 4.42. The first kappa shape index (κ1) is 26.5. The first-order chi connectivity index (χ1) is 16.5. The number of nitrogens with zero attached hydrogens (tertiary/aromatic N) is 2. The summed E-state index contributed by atoms with van der Waals surface area (Å²) in [6.07, 6.45) is 7.07. The normalized spacial score (nSPS) is 16.4. The van der Waals surface area contributed by atoms with Gasteiger partial charge in [-0.05, 0) is 41.7 Å². The highest BCUT2D eigenvalue weighted by atomic mass is 35.5. The van der Waals surface area contributed by atoms with Gasteiger partial charge in [-0.15, -0.1) is 0 Å². The third-order valence-corrected chi connectivity index (χ3v) is 6.71. The number of aromatic nitrogens is 2. The highest BCUT2D eigenvalue weighted by Gasteiger charge is 2.43. The van der Waals surface area contributed by atoms with Crippen molar-refractivity contribution in [3.05, 3.63) is 88.0 Å². The number of hydrogen-bond donors (Lipinski definition) is 2. The van der Waals surface area contributed by atoms with E-state index in [-0.39, 0.29) is 18.7 Å². The molecule has 1 aliphatic carbocycles. The first-order valence-corrected chi connectivity index (χ1v) is 11.9. The second kappa shape index (κ2) is 11.5. The number of carboxylic acids is 1. The predicted octanol–water partition coefficient (Wildman–Crippen LogP) is 4.41. The number of aliphatic carboxylic acids is 1. The van der Waals surface area contributed by atoms with Crippen LogP contribution in [0.2, 0.25) is 5.15 Å². The molecule has 1 unspecified atom stereocenters. The maximum Gasteiger partial charge on any atom is 0.317 e. The SMILES string of the molecule is CCCCc1nc(Cl)c(CO)n1Cc1ccc(OCC2(C(=O)O)CC=Cc3ccccc32)cc1.O.